The Morgan fingerprint density at radius 1 is 1.14 bits per heavy atom. The van der Waals surface area contributed by atoms with Gasteiger partial charge in [-0.05, 0) is 49.5 Å². The molecule has 2 rings (SSSR count). The van der Waals surface area contributed by atoms with Gasteiger partial charge in [0.05, 0.1) is 0 Å². The van der Waals surface area contributed by atoms with Gasteiger partial charge in [-0.25, -0.2) is 0 Å². The Labute approximate surface area is 130 Å². The lowest BCUT2D eigenvalue weighted by Gasteiger charge is -2.36. The number of para-hydroxylation sites is 1. The quantitative estimate of drug-likeness (QED) is 0.578. The second-order valence-electron chi connectivity index (χ2n) is 7.49. The average Bonchev–Trinajstić information content (AvgIpc) is 2.69. The smallest absolute Gasteiger partial charge is 0.191 e. The van der Waals surface area contributed by atoms with E-state index < -0.39 is 8.32 Å². The fraction of sp³-hybridized carbons (Fsp3) is 0.556. The lowest BCUT2D eigenvalue weighted by molar-refractivity contribution is 0.282. The molecule has 0 unspecified atom stereocenters. The van der Waals surface area contributed by atoms with Crippen LogP contribution in [0.25, 0.3) is 10.9 Å². The fourth-order valence-electron chi connectivity index (χ4n) is 2.45. The van der Waals surface area contributed by atoms with Crippen LogP contribution in [0.5, 0.6) is 0 Å². The zero-order valence-corrected chi connectivity index (χ0v) is 15.3. The van der Waals surface area contributed by atoms with Crippen LogP contribution in [0.4, 0.5) is 0 Å². The molecule has 0 aliphatic rings. The SMILES string of the molecule is Cc1[nH]c2ccccc2c1CCCO[Si](C)(C)C(C)(C)C. The molecule has 1 N–H and O–H groups in total. The number of hydrogen-bond acceptors (Lipinski definition) is 1. The molecule has 0 amide bonds. The van der Waals surface area contributed by atoms with Crippen LogP contribution in [0.1, 0.15) is 38.4 Å². The molecule has 2 nitrogen and oxygen atoms in total. The van der Waals surface area contributed by atoms with Gasteiger partial charge in [-0.1, -0.05) is 39.0 Å². The van der Waals surface area contributed by atoms with Gasteiger partial charge in [-0.15, -0.1) is 0 Å². The third-order valence-electron chi connectivity index (χ3n) is 4.87. The molecule has 2 aromatic rings. The van der Waals surface area contributed by atoms with E-state index in [-0.39, 0.29) is 0 Å². The van der Waals surface area contributed by atoms with Crippen molar-refractivity contribution in [3.8, 4) is 0 Å². The maximum atomic E-state index is 6.27. The van der Waals surface area contributed by atoms with Gasteiger partial charge in [0, 0.05) is 23.2 Å². The van der Waals surface area contributed by atoms with Crippen LogP contribution in [0.15, 0.2) is 24.3 Å². The summed E-state index contributed by atoms with van der Waals surface area (Å²) in [5, 5.41) is 1.66. The highest BCUT2D eigenvalue weighted by atomic mass is 28.4. The summed E-state index contributed by atoms with van der Waals surface area (Å²) in [5.41, 5.74) is 3.99. The molecule has 3 heteroatoms. The average molecular weight is 304 g/mol. The molecule has 0 fully saturated rings. The molecule has 0 aliphatic carbocycles. The van der Waals surface area contributed by atoms with Crippen molar-refractivity contribution in [2.45, 2.75) is 58.7 Å². The molecule has 116 valence electrons. The molecular weight excluding hydrogens is 274 g/mol. The Hall–Kier alpha value is -1.06. The lowest BCUT2D eigenvalue weighted by atomic mass is 10.1. The van der Waals surface area contributed by atoms with Crippen molar-refractivity contribution in [2.75, 3.05) is 6.61 Å². The van der Waals surface area contributed by atoms with Gasteiger partial charge in [0.25, 0.3) is 0 Å². The number of H-pyrrole nitrogens is 1. The van der Waals surface area contributed by atoms with Crippen LogP contribution < -0.4 is 0 Å². The Morgan fingerprint density at radius 2 is 1.81 bits per heavy atom. The summed E-state index contributed by atoms with van der Waals surface area (Å²) in [4.78, 5) is 3.48. The molecule has 0 aliphatic heterocycles. The summed E-state index contributed by atoms with van der Waals surface area (Å²) in [6.07, 6.45) is 2.18. The number of aromatic amines is 1. The van der Waals surface area contributed by atoms with E-state index >= 15 is 0 Å². The van der Waals surface area contributed by atoms with Gasteiger partial charge < -0.3 is 9.41 Å². The van der Waals surface area contributed by atoms with E-state index in [1.165, 1.54) is 22.2 Å². The second-order valence-corrected chi connectivity index (χ2v) is 12.3. The zero-order valence-electron chi connectivity index (χ0n) is 14.3. The third-order valence-corrected chi connectivity index (χ3v) is 9.41. The van der Waals surface area contributed by atoms with Crippen LogP contribution in [-0.2, 0) is 10.8 Å². The number of hydrogen-bond donors (Lipinski definition) is 1. The van der Waals surface area contributed by atoms with E-state index in [0.29, 0.717) is 5.04 Å². The van der Waals surface area contributed by atoms with Crippen molar-refractivity contribution in [1.82, 2.24) is 4.98 Å². The van der Waals surface area contributed by atoms with Crippen LogP contribution in [0.2, 0.25) is 18.1 Å². The Kier molecular flexibility index (Phi) is 4.64. The molecule has 1 heterocycles. The Bertz CT molecular complexity index is 607. The van der Waals surface area contributed by atoms with Crippen molar-refractivity contribution in [3.63, 3.8) is 0 Å². The molecular formula is C18H29NOSi. The van der Waals surface area contributed by atoms with Gasteiger partial charge in [-0.3, -0.25) is 0 Å². The molecule has 0 radical (unpaired) electrons. The molecule has 0 saturated heterocycles. The van der Waals surface area contributed by atoms with Gasteiger partial charge in [0.1, 0.15) is 0 Å². The topological polar surface area (TPSA) is 25.0 Å². The minimum Gasteiger partial charge on any atom is -0.417 e. The highest BCUT2D eigenvalue weighted by Gasteiger charge is 2.36. The lowest BCUT2D eigenvalue weighted by Crippen LogP contribution is -2.41. The van der Waals surface area contributed by atoms with Gasteiger partial charge in [0.2, 0.25) is 0 Å². The van der Waals surface area contributed by atoms with E-state index in [1.54, 1.807) is 0 Å². The molecule has 0 saturated carbocycles. The maximum Gasteiger partial charge on any atom is 0.191 e. The fourth-order valence-corrected chi connectivity index (χ4v) is 3.54. The second kappa shape index (κ2) is 5.97. The summed E-state index contributed by atoms with van der Waals surface area (Å²) < 4.78 is 6.27. The summed E-state index contributed by atoms with van der Waals surface area (Å²) in [5.74, 6) is 0. The van der Waals surface area contributed by atoms with Crippen molar-refractivity contribution >= 4 is 19.2 Å². The van der Waals surface area contributed by atoms with Crippen LogP contribution in [0.3, 0.4) is 0 Å². The van der Waals surface area contributed by atoms with Crippen molar-refractivity contribution < 1.29 is 4.43 Å². The number of benzene rings is 1. The number of rotatable bonds is 5. The highest BCUT2D eigenvalue weighted by Crippen LogP contribution is 2.36. The first-order valence-electron chi connectivity index (χ1n) is 7.92. The normalized spacial score (nSPS) is 13.0. The van der Waals surface area contributed by atoms with Crippen LogP contribution in [-0.4, -0.2) is 19.9 Å². The predicted molar refractivity (Wildman–Crippen MR) is 94.5 cm³/mol. The summed E-state index contributed by atoms with van der Waals surface area (Å²) in [7, 11) is -1.60. The molecule has 1 aromatic heterocycles. The first-order valence-corrected chi connectivity index (χ1v) is 10.8. The highest BCUT2D eigenvalue weighted by molar-refractivity contribution is 6.74. The largest absolute Gasteiger partial charge is 0.417 e. The van der Waals surface area contributed by atoms with E-state index in [4.69, 9.17) is 4.43 Å². The van der Waals surface area contributed by atoms with Gasteiger partial charge in [-0.2, -0.15) is 0 Å². The van der Waals surface area contributed by atoms with Gasteiger partial charge >= 0.3 is 0 Å². The van der Waals surface area contributed by atoms with E-state index in [1.807, 2.05) is 0 Å². The van der Waals surface area contributed by atoms with Crippen molar-refractivity contribution in [2.24, 2.45) is 0 Å². The minimum atomic E-state index is -1.60. The van der Waals surface area contributed by atoms with Crippen LogP contribution in [0, 0.1) is 6.92 Å². The number of aryl methyl sites for hydroxylation is 2. The number of nitrogens with one attached hydrogen (secondary N) is 1. The maximum absolute atomic E-state index is 6.27. The summed E-state index contributed by atoms with van der Waals surface area (Å²) in [6.45, 7) is 14.6. The first kappa shape index (κ1) is 16.3. The Balaban J connectivity index is 1.96. The molecule has 21 heavy (non-hydrogen) atoms. The van der Waals surface area contributed by atoms with Crippen LogP contribution >= 0.6 is 0 Å². The Morgan fingerprint density at radius 3 is 2.48 bits per heavy atom. The predicted octanol–water partition coefficient (Wildman–Crippen LogP) is 5.43. The monoisotopic (exact) mass is 303 g/mol. The summed E-state index contributed by atoms with van der Waals surface area (Å²) in [6, 6.07) is 8.56. The van der Waals surface area contributed by atoms with Crippen molar-refractivity contribution in [3.05, 3.63) is 35.5 Å². The first-order chi connectivity index (χ1) is 9.72. The zero-order chi connectivity index (χ0) is 15.7. The molecule has 0 spiro atoms. The summed E-state index contributed by atoms with van der Waals surface area (Å²) >= 11 is 0. The standard InChI is InChI=1S/C18H29NOSi/c1-14-15(16-10-7-8-12-17(16)19-14)11-9-13-20-21(5,6)18(2,3)4/h7-8,10,12,19H,9,11,13H2,1-6H3. The molecule has 0 atom stereocenters. The van der Waals surface area contributed by atoms with E-state index in [2.05, 4.69) is 70.0 Å². The van der Waals surface area contributed by atoms with Gasteiger partial charge in [0.15, 0.2) is 8.32 Å². The molecule has 0 bridgehead atoms. The number of aromatic nitrogens is 1. The molecule has 1 aromatic carbocycles. The third kappa shape index (κ3) is 3.58. The minimum absolute atomic E-state index is 0.295. The van der Waals surface area contributed by atoms with E-state index in [9.17, 15) is 0 Å². The van der Waals surface area contributed by atoms with E-state index in [0.717, 1.165) is 19.4 Å². The van der Waals surface area contributed by atoms with Crippen molar-refractivity contribution in [1.29, 1.82) is 0 Å². The number of fused-ring (bicyclic) bond motifs is 1.